The number of nitrogens with one attached hydrogen (secondary N) is 3. The largest absolute Gasteiger partial charge is 0.444 e. The lowest BCUT2D eigenvalue weighted by atomic mass is 9.85. The van der Waals surface area contributed by atoms with E-state index in [1.807, 2.05) is 27.7 Å². The quantitative estimate of drug-likeness (QED) is 0.183. The molecule has 12 nitrogen and oxygen atoms in total. The van der Waals surface area contributed by atoms with Crippen LogP contribution in [0.2, 0.25) is 0 Å². The van der Waals surface area contributed by atoms with Gasteiger partial charge >= 0.3 is 6.09 Å². The summed E-state index contributed by atoms with van der Waals surface area (Å²) in [6.45, 7) is 12.4. The van der Waals surface area contributed by atoms with E-state index in [1.54, 1.807) is 44.3 Å². The lowest BCUT2D eigenvalue weighted by molar-refractivity contribution is -0.143. The number of alkyl carbamates (subject to hydrolysis) is 1. The van der Waals surface area contributed by atoms with Crippen molar-refractivity contribution in [3.8, 4) is 0 Å². The molecule has 0 bridgehead atoms. The minimum absolute atomic E-state index is 0.241. The number of carbonyl (C=O) groups is 4. The van der Waals surface area contributed by atoms with Crippen LogP contribution in [0, 0.1) is 5.41 Å². The molecule has 2 heterocycles. The number of carbonyl (C=O) groups excluding carboxylic acids is 4. The van der Waals surface area contributed by atoms with Crippen molar-refractivity contribution in [2.24, 2.45) is 5.41 Å². The number of aliphatic hydroxyl groups excluding tert-OH is 2. The van der Waals surface area contributed by atoms with Gasteiger partial charge in [-0.2, -0.15) is 0 Å². The Morgan fingerprint density at radius 3 is 2.15 bits per heavy atom. The van der Waals surface area contributed by atoms with E-state index in [2.05, 4.69) is 16.0 Å². The first-order valence-electron chi connectivity index (χ1n) is 14.1. The maximum Gasteiger partial charge on any atom is 0.408 e. The first-order chi connectivity index (χ1) is 18.9. The van der Waals surface area contributed by atoms with E-state index in [4.69, 9.17) is 14.9 Å². The predicted molar refractivity (Wildman–Crippen MR) is 159 cm³/mol. The molecule has 1 spiro atoms. The summed E-state index contributed by atoms with van der Waals surface area (Å²) in [7, 11) is 0. The van der Waals surface area contributed by atoms with Gasteiger partial charge in [0.15, 0.2) is 18.3 Å². The molecule has 0 saturated carbocycles. The zero-order valence-electron chi connectivity index (χ0n) is 25.2. The van der Waals surface area contributed by atoms with Crippen molar-refractivity contribution < 1.29 is 39.2 Å². The van der Waals surface area contributed by atoms with Crippen LogP contribution in [0.1, 0.15) is 74.1 Å². The molecule has 236 valence electrons. The zero-order chi connectivity index (χ0) is 31.2. The Labute approximate surface area is 251 Å². The summed E-state index contributed by atoms with van der Waals surface area (Å²) in [5.74, 6) is 0.144. The van der Waals surface area contributed by atoms with Gasteiger partial charge in [0.2, 0.25) is 11.8 Å². The first kappa shape index (κ1) is 35.6. The van der Waals surface area contributed by atoms with E-state index in [1.165, 1.54) is 4.90 Å². The molecule has 2 rings (SSSR count). The van der Waals surface area contributed by atoms with Crippen LogP contribution in [-0.2, 0) is 19.1 Å². The highest BCUT2D eigenvalue weighted by Crippen LogP contribution is 2.50. The summed E-state index contributed by atoms with van der Waals surface area (Å²) in [6, 6.07) is -2.93. The molecule has 0 aromatic rings. The van der Waals surface area contributed by atoms with Crippen molar-refractivity contribution in [1.29, 1.82) is 0 Å². The number of aliphatic hydroxyl groups is 3. The average Bonchev–Trinajstić information content (AvgIpc) is 3.22. The molecule has 41 heavy (non-hydrogen) atoms. The van der Waals surface area contributed by atoms with Crippen molar-refractivity contribution in [3.05, 3.63) is 0 Å². The summed E-state index contributed by atoms with van der Waals surface area (Å²) in [5, 5.41) is 36.2. The van der Waals surface area contributed by atoms with Crippen LogP contribution in [-0.4, -0.2) is 109 Å². The van der Waals surface area contributed by atoms with Crippen LogP contribution in [0.4, 0.5) is 4.79 Å². The Balaban J connectivity index is 2.34. The molecule has 0 aliphatic carbocycles. The van der Waals surface area contributed by atoms with E-state index in [0.29, 0.717) is 19.4 Å². The van der Waals surface area contributed by atoms with Gasteiger partial charge in [-0.25, -0.2) is 4.79 Å². The third-order valence-electron chi connectivity index (χ3n) is 6.67. The molecule has 14 heteroatoms. The fourth-order valence-corrected chi connectivity index (χ4v) is 8.07. The number of hydrogen-bond donors (Lipinski definition) is 6. The zero-order valence-corrected chi connectivity index (χ0v) is 26.8. The number of rotatable bonds is 11. The van der Waals surface area contributed by atoms with E-state index in [0.717, 1.165) is 17.9 Å². The molecule has 2 aliphatic heterocycles. The molecule has 2 saturated heterocycles. The molecule has 0 radical (unpaired) electrons. The number of thioether (sulfide) groups is 2. The van der Waals surface area contributed by atoms with Crippen LogP contribution < -0.4 is 16.0 Å². The summed E-state index contributed by atoms with van der Waals surface area (Å²) in [6.07, 6.45) is -2.05. The van der Waals surface area contributed by atoms with Crippen LogP contribution in [0.3, 0.4) is 0 Å². The lowest BCUT2D eigenvalue weighted by Gasteiger charge is -2.36. The van der Waals surface area contributed by atoms with Gasteiger partial charge in [-0.1, -0.05) is 34.1 Å². The SMILES string of the molecule is CCCC(NC(=O)C1CC2(CN1C(=O)C(NC(=O)OC(C)(C)C)C(C)(C)C)SCCCS2)C(=O)C(O)NCC(O)O. The number of hydrogen-bond acceptors (Lipinski definition) is 11. The summed E-state index contributed by atoms with van der Waals surface area (Å²) >= 11 is 3.44. The second-order valence-corrected chi connectivity index (χ2v) is 15.9. The molecule has 0 aromatic heterocycles. The van der Waals surface area contributed by atoms with E-state index < -0.39 is 76.0 Å². The highest BCUT2D eigenvalue weighted by Gasteiger charge is 2.53. The molecule has 4 atom stereocenters. The average molecular weight is 621 g/mol. The standard InChI is InChI=1S/C27H48N4O8S2/c1-8-10-16(19(34)22(36)28-14-18(32)33)29-21(35)17-13-27(40-11-9-12-41-27)15-31(17)23(37)20(25(2,3)4)30-24(38)39-26(5,6)7/h16-18,20,22,28,32-33,36H,8-15H2,1-7H3,(H,29,35)(H,30,38). The second kappa shape index (κ2) is 14.7. The van der Waals surface area contributed by atoms with Gasteiger partial charge in [-0.3, -0.25) is 19.7 Å². The molecule has 4 unspecified atom stereocenters. The number of likely N-dealkylation sites (tertiary alicyclic amines) is 1. The molecular weight excluding hydrogens is 572 g/mol. The lowest BCUT2D eigenvalue weighted by Crippen LogP contribution is -2.59. The van der Waals surface area contributed by atoms with E-state index >= 15 is 0 Å². The van der Waals surface area contributed by atoms with Crippen LogP contribution in [0.15, 0.2) is 0 Å². The number of amides is 3. The summed E-state index contributed by atoms with van der Waals surface area (Å²) < 4.78 is 5.02. The molecular formula is C27H48N4O8S2. The highest BCUT2D eigenvalue weighted by molar-refractivity contribution is 8.18. The first-order valence-corrected chi connectivity index (χ1v) is 16.1. The van der Waals surface area contributed by atoms with Gasteiger partial charge in [0.1, 0.15) is 17.7 Å². The maximum absolute atomic E-state index is 14.1. The van der Waals surface area contributed by atoms with Gasteiger partial charge in [0.25, 0.3) is 0 Å². The molecule has 0 aromatic carbocycles. The third-order valence-corrected chi connectivity index (χ3v) is 10.0. The minimum atomic E-state index is -1.76. The van der Waals surface area contributed by atoms with E-state index in [-0.39, 0.29) is 6.42 Å². The Kier molecular flexibility index (Phi) is 12.8. The number of ether oxygens (including phenoxy) is 1. The van der Waals surface area contributed by atoms with Crippen molar-refractivity contribution in [1.82, 2.24) is 20.9 Å². The van der Waals surface area contributed by atoms with Gasteiger partial charge in [0.05, 0.1) is 10.1 Å². The summed E-state index contributed by atoms with van der Waals surface area (Å²) in [5.41, 5.74) is -1.47. The van der Waals surface area contributed by atoms with Crippen molar-refractivity contribution in [2.45, 2.75) is 114 Å². The fourth-order valence-electron chi connectivity index (χ4n) is 4.72. The minimum Gasteiger partial charge on any atom is -0.444 e. The monoisotopic (exact) mass is 620 g/mol. The highest BCUT2D eigenvalue weighted by atomic mass is 32.2. The van der Waals surface area contributed by atoms with Gasteiger partial charge in [-0.15, -0.1) is 23.5 Å². The molecule has 3 amide bonds. The van der Waals surface area contributed by atoms with Crippen LogP contribution >= 0.6 is 23.5 Å². The van der Waals surface area contributed by atoms with E-state index in [9.17, 15) is 24.3 Å². The topological polar surface area (TPSA) is 178 Å². The Bertz CT molecular complexity index is 931. The number of nitrogens with zero attached hydrogens (tertiary/aromatic N) is 1. The van der Waals surface area contributed by atoms with Crippen molar-refractivity contribution in [3.63, 3.8) is 0 Å². The fraction of sp³-hybridized carbons (Fsp3) is 0.852. The smallest absolute Gasteiger partial charge is 0.408 e. The van der Waals surface area contributed by atoms with Crippen LogP contribution in [0.25, 0.3) is 0 Å². The normalized spacial score (nSPS) is 21.3. The predicted octanol–water partition coefficient (Wildman–Crippen LogP) is 1.17. The number of ketones is 1. The maximum atomic E-state index is 14.1. The summed E-state index contributed by atoms with van der Waals surface area (Å²) in [4.78, 5) is 55.1. The molecule has 6 N–H and O–H groups in total. The molecule has 2 fully saturated rings. The molecule has 2 aliphatic rings. The Morgan fingerprint density at radius 2 is 1.63 bits per heavy atom. The second-order valence-electron chi connectivity index (χ2n) is 12.6. The number of Topliss-reactive ketones (excluding diaryl/α,β-unsaturated/α-hetero) is 1. The van der Waals surface area contributed by atoms with Crippen molar-refractivity contribution in [2.75, 3.05) is 24.6 Å². The third kappa shape index (κ3) is 10.6. The van der Waals surface area contributed by atoms with Crippen LogP contribution in [0.5, 0.6) is 0 Å². The Morgan fingerprint density at radius 1 is 1.02 bits per heavy atom. The van der Waals surface area contributed by atoms with Crippen molar-refractivity contribution >= 4 is 47.2 Å². The van der Waals surface area contributed by atoms with Gasteiger partial charge < -0.3 is 35.6 Å². The van der Waals surface area contributed by atoms with Gasteiger partial charge in [0, 0.05) is 19.5 Å². The van der Waals surface area contributed by atoms with Gasteiger partial charge in [-0.05, 0) is 50.5 Å². The Hall–Kier alpha value is -1.58.